The third kappa shape index (κ3) is 10.4. The Balaban J connectivity index is 0.000000204. The number of pyridine rings is 2. The predicted molar refractivity (Wildman–Crippen MR) is 190 cm³/mol. The number of hydrogen-bond donors (Lipinski definition) is 3. The molecule has 0 amide bonds. The average Bonchev–Trinajstić information content (AvgIpc) is 3.14. The van der Waals surface area contributed by atoms with Crippen molar-refractivity contribution in [2.24, 2.45) is 5.16 Å². The van der Waals surface area contributed by atoms with Gasteiger partial charge in [-0.3, -0.25) is 9.59 Å². The summed E-state index contributed by atoms with van der Waals surface area (Å²) in [5.41, 5.74) is 3.28. The van der Waals surface area contributed by atoms with E-state index in [1.807, 2.05) is 24.3 Å². The molecule has 3 N–H and O–H groups in total. The van der Waals surface area contributed by atoms with Crippen molar-refractivity contribution in [3.63, 3.8) is 0 Å². The second-order valence-electron chi connectivity index (χ2n) is 9.91. The summed E-state index contributed by atoms with van der Waals surface area (Å²) in [6, 6.07) is 25.6. The first-order chi connectivity index (χ1) is 24.1. The molecule has 0 saturated carbocycles. The van der Waals surface area contributed by atoms with Crippen LogP contribution in [-0.4, -0.2) is 65.3 Å². The molecule has 0 aliphatic carbocycles. The van der Waals surface area contributed by atoms with Gasteiger partial charge in [-0.15, -0.1) is 5.16 Å². The molecule has 2 heterocycles. The van der Waals surface area contributed by atoms with Crippen LogP contribution >= 0.6 is 11.6 Å². The summed E-state index contributed by atoms with van der Waals surface area (Å²) in [5.74, 6) is 0.423. The van der Waals surface area contributed by atoms with Gasteiger partial charge in [-0.2, -0.15) is 0 Å². The van der Waals surface area contributed by atoms with E-state index < -0.39 is 12.9 Å². The van der Waals surface area contributed by atoms with Gasteiger partial charge in [0, 0.05) is 28.1 Å². The molecule has 4 aromatic carbocycles. The van der Waals surface area contributed by atoms with E-state index in [4.69, 9.17) is 36.3 Å². The number of ether oxygens (including phenoxy) is 2. The zero-order valence-electron chi connectivity index (χ0n) is 27.0. The Morgan fingerprint density at radius 2 is 1.24 bits per heavy atom. The number of halogens is 3. The Morgan fingerprint density at radius 1 is 0.740 bits per heavy atom. The van der Waals surface area contributed by atoms with Gasteiger partial charge in [-0.25, -0.2) is 18.7 Å². The molecule has 14 heteroatoms. The summed E-state index contributed by atoms with van der Waals surface area (Å²) in [6.07, 6.45) is 2.72. The fraction of sp³-hybridized carbons (Fsp3) is 0.0833. The molecule has 10 nitrogen and oxygen atoms in total. The van der Waals surface area contributed by atoms with E-state index in [2.05, 4.69) is 15.1 Å². The van der Waals surface area contributed by atoms with Crippen molar-refractivity contribution in [3.8, 4) is 22.8 Å². The lowest BCUT2D eigenvalue weighted by molar-refractivity contribution is 0.111. The smallest absolute Gasteiger partial charge is 0.488 e. The number of methoxy groups -OCH3 is 2. The molecular weight excluding hydrogens is 671 g/mol. The Kier molecular flexibility index (Phi) is 14.9. The van der Waals surface area contributed by atoms with Gasteiger partial charge in [0.25, 0.3) is 0 Å². The summed E-state index contributed by atoms with van der Waals surface area (Å²) in [7, 11) is 1.54. The van der Waals surface area contributed by atoms with E-state index in [-0.39, 0.29) is 16.4 Å². The molecule has 0 fully saturated rings. The minimum absolute atomic E-state index is 0.167. The van der Waals surface area contributed by atoms with E-state index in [1.54, 1.807) is 57.5 Å². The average molecular weight is 702 g/mol. The van der Waals surface area contributed by atoms with Gasteiger partial charge in [0.1, 0.15) is 39.3 Å². The topological polar surface area (TPSA) is 151 Å². The van der Waals surface area contributed by atoms with Gasteiger partial charge in [-0.05, 0) is 60.9 Å². The molecule has 0 bridgehead atoms. The number of carbonyl (C=O) groups excluding carboxylic acids is 2. The second-order valence-corrected chi connectivity index (χ2v) is 10.3. The van der Waals surface area contributed by atoms with Crippen molar-refractivity contribution in [1.82, 2.24) is 9.97 Å². The second kappa shape index (κ2) is 19.3. The minimum Gasteiger partial charge on any atom is -0.494 e. The third-order valence-corrected chi connectivity index (χ3v) is 6.98. The van der Waals surface area contributed by atoms with Crippen molar-refractivity contribution in [1.29, 1.82) is 0 Å². The highest BCUT2D eigenvalue weighted by atomic mass is 35.5. The Morgan fingerprint density at radius 3 is 1.70 bits per heavy atom. The normalized spacial score (nSPS) is 10.2. The van der Waals surface area contributed by atoms with Crippen LogP contribution in [0.15, 0.2) is 102 Å². The van der Waals surface area contributed by atoms with Gasteiger partial charge in [-0.1, -0.05) is 60.1 Å². The fourth-order valence-corrected chi connectivity index (χ4v) is 4.57. The number of fused-ring (bicyclic) bond motifs is 2. The van der Waals surface area contributed by atoms with E-state index in [0.717, 1.165) is 23.1 Å². The number of aromatic nitrogens is 2. The number of rotatable bonds is 6. The quantitative estimate of drug-likeness (QED) is 0.0439. The van der Waals surface area contributed by atoms with Gasteiger partial charge in [0.15, 0.2) is 12.6 Å². The monoisotopic (exact) mass is 701 g/mol. The maximum atomic E-state index is 13.4. The van der Waals surface area contributed by atoms with Crippen LogP contribution in [0.4, 0.5) is 8.78 Å². The Hall–Kier alpha value is -5.76. The summed E-state index contributed by atoms with van der Waals surface area (Å²) >= 11 is 5.83. The Bertz CT molecular complexity index is 2100. The summed E-state index contributed by atoms with van der Waals surface area (Å²) in [6.45, 7) is 1.64. The molecular formula is C36H31BClF2N3O7. The number of nitrogens with zero attached hydrogens (tertiary/aromatic N) is 3. The molecule has 50 heavy (non-hydrogen) atoms. The van der Waals surface area contributed by atoms with Crippen LogP contribution in [0, 0.1) is 11.6 Å². The van der Waals surface area contributed by atoms with Crippen LogP contribution in [0.5, 0.6) is 11.5 Å². The molecule has 0 aliphatic rings. The maximum absolute atomic E-state index is 13.4. The van der Waals surface area contributed by atoms with E-state index in [9.17, 15) is 18.4 Å². The van der Waals surface area contributed by atoms with Crippen molar-refractivity contribution >= 4 is 64.8 Å². The SMILES string of the molecule is C/C=N/O.COc1cccc2cc(C=O)c(-c3cccc(F)c3)nc12.COc1cccc2cc(C=O)c(Cl)nc12.OB(O)c1cccc(F)c1. The largest absolute Gasteiger partial charge is 0.494 e. The number of oxime groups is 1. The number of carbonyl (C=O) groups is 2. The van der Waals surface area contributed by atoms with Crippen LogP contribution in [0.1, 0.15) is 27.6 Å². The molecule has 6 rings (SSSR count). The molecule has 256 valence electrons. The number of aldehydes is 2. The van der Waals surface area contributed by atoms with Crippen molar-refractivity contribution < 1.29 is 43.1 Å². The highest BCUT2D eigenvalue weighted by Gasteiger charge is 2.13. The molecule has 0 aliphatic heterocycles. The van der Waals surface area contributed by atoms with Crippen LogP contribution in [0.3, 0.4) is 0 Å². The first-order valence-electron chi connectivity index (χ1n) is 14.6. The molecule has 0 unspecified atom stereocenters. The van der Waals surface area contributed by atoms with Gasteiger partial charge in [0.05, 0.1) is 25.5 Å². The van der Waals surface area contributed by atoms with Gasteiger partial charge < -0.3 is 24.7 Å². The van der Waals surface area contributed by atoms with Crippen molar-refractivity contribution in [3.05, 3.63) is 125 Å². The zero-order valence-corrected chi connectivity index (χ0v) is 27.8. The third-order valence-electron chi connectivity index (χ3n) is 6.68. The predicted octanol–water partition coefficient (Wildman–Crippen LogP) is 6.54. The van der Waals surface area contributed by atoms with E-state index >= 15 is 0 Å². The highest BCUT2D eigenvalue weighted by molar-refractivity contribution is 6.58. The minimum atomic E-state index is -1.59. The van der Waals surface area contributed by atoms with Crippen LogP contribution in [0.2, 0.25) is 5.15 Å². The highest BCUT2D eigenvalue weighted by Crippen LogP contribution is 2.30. The van der Waals surface area contributed by atoms with E-state index in [1.165, 1.54) is 36.5 Å². The number of para-hydroxylation sites is 2. The molecule has 6 aromatic rings. The van der Waals surface area contributed by atoms with E-state index in [0.29, 0.717) is 51.2 Å². The maximum Gasteiger partial charge on any atom is 0.488 e. The number of benzene rings is 4. The standard InChI is InChI=1S/C17H12FNO2.C11H8ClNO2.C6H6BFO2.C2H5NO/c1-21-15-7-3-5-11-8-13(10-20)16(19-17(11)15)12-4-2-6-14(18)9-12;1-15-9-4-2-3-7-5-8(6-14)11(12)13-10(7)9;8-6-3-1-2-5(4-6)7(9)10;1-2-3-4/h2-10H,1H3;2-6H,1H3;1-4,9-10H;2,4H,1H3/b;;;3-2+. The first-order valence-corrected chi connectivity index (χ1v) is 15.0. The van der Waals surface area contributed by atoms with Gasteiger partial charge >= 0.3 is 7.12 Å². The number of hydrogen-bond acceptors (Lipinski definition) is 10. The van der Waals surface area contributed by atoms with Gasteiger partial charge in [0.2, 0.25) is 0 Å². The van der Waals surface area contributed by atoms with Crippen LogP contribution in [-0.2, 0) is 0 Å². The molecule has 2 aromatic heterocycles. The van der Waals surface area contributed by atoms with Crippen LogP contribution < -0.4 is 14.9 Å². The molecule has 0 saturated heterocycles. The van der Waals surface area contributed by atoms with Crippen LogP contribution in [0.25, 0.3) is 33.1 Å². The van der Waals surface area contributed by atoms with Crippen molar-refractivity contribution in [2.75, 3.05) is 14.2 Å². The molecule has 0 radical (unpaired) electrons. The molecule has 0 spiro atoms. The Labute approximate surface area is 291 Å². The zero-order chi connectivity index (χ0) is 36.6. The summed E-state index contributed by atoms with van der Waals surface area (Å²) < 4.78 is 36.1. The lowest BCUT2D eigenvalue weighted by atomic mass is 9.80. The fourth-order valence-electron chi connectivity index (χ4n) is 4.39. The lowest BCUT2D eigenvalue weighted by Gasteiger charge is -2.09. The van der Waals surface area contributed by atoms with Crippen molar-refractivity contribution in [2.45, 2.75) is 6.92 Å². The summed E-state index contributed by atoms with van der Waals surface area (Å²) in [5, 5.41) is 29.0. The first kappa shape index (κ1) is 38.7. The summed E-state index contributed by atoms with van der Waals surface area (Å²) in [4.78, 5) is 30.6. The molecule has 0 atom stereocenters. The lowest BCUT2D eigenvalue weighted by Crippen LogP contribution is -2.29.